The first-order valence-electron chi connectivity index (χ1n) is 9.71. The molecule has 0 bridgehead atoms. The monoisotopic (exact) mass is 422 g/mol. The van der Waals surface area contributed by atoms with Crippen molar-refractivity contribution in [2.75, 3.05) is 11.4 Å². The molecule has 1 amide bonds. The van der Waals surface area contributed by atoms with Gasteiger partial charge in [-0.25, -0.2) is 8.42 Å². The normalized spacial score (nSPS) is 12.3. The number of carbonyl (C=O) groups excluding carboxylic acids is 1. The Morgan fingerprint density at radius 3 is 2.07 bits per heavy atom. The van der Waals surface area contributed by atoms with Crippen LogP contribution < -0.4 is 9.62 Å². The predicted octanol–water partition coefficient (Wildman–Crippen LogP) is 4.62. The highest BCUT2D eigenvalue weighted by Crippen LogP contribution is 2.23. The van der Waals surface area contributed by atoms with Crippen LogP contribution in [0.25, 0.3) is 0 Å². The van der Waals surface area contributed by atoms with Crippen molar-refractivity contribution < 1.29 is 13.2 Å². The first-order chi connectivity index (χ1) is 14.2. The second kappa shape index (κ2) is 8.71. The number of carbonyl (C=O) groups is 1. The van der Waals surface area contributed by atoms with Crippen molar-refractivity contribution in [3.05, 3.63) is 95.1 Å². The summed E-state index contributed by atoms with van der Waals surface area (Å²) < 4.78 is 27.1. The van der Waals surface area contributed by atoms with E-state index in [-0.39, 0.29) is 16.8 Å². The van der Waals surface area contributed by atoms with Crippen molar-refractivity contribution in [2.24, 2.45) is 0 Å². The average molecular weight is 423 g/mol. The van der Waals surface area contributed by atoms with Gasteiger partial charge in [0.2, 0.25) is 0 Å². The van der Waals surface area contributed by atoms with Crippen LogP contribution in [0.15, 0.2) is 77.7 Å². The number of anilines is 1. The van der Waals surface area contributed by atoms with Gasteiger partial charge >= 0.3 is 0 Å². The lowest BCUT2D eigenvalue weighted by atomic mass is 10.1. The minimum Gasteiger partial charge on any atom is -0.346 e. The molecule has 0 aliphatic carbocycles. The third-order valence-corrected chi connectivity index (χ3v) is 6.88. The summed E-state index contributed by atoms with van der Waals surface area (Å²) in [6, 6.07) is 21.1. The van der Waals surface area contributed by atoms with E-state index in [1.165, 1.54) is 11.4 Å². The molecule has 6 heteroatoms. The molecular weight excluding hydrogens is 396 g/mol. The van der Waals surface area contributed by atoms with Gasteiger partial charge in [-0.3, -0.25) is 9.10 Å². The van der Waals surface area contributed by atoms with Crippen LogP contribution in [0.5, 0.6) is 0 Å². The maximum Gasteiger partial charge on any atom is 0.264 e. The Morgan fingerprint density at radius 1 is 0.900 bits per heavy atom. The van der Waals surface area contributed by atoms with Crippen molar-refractivity contribution >= 4 is 21.6 Å². The summed E-state index contributed by atoms with van der Waals surface area (Å²) >= 11 is 0. The molecule has 3 aromatic carbocycles. The summed E-state index contributed by atoms with van der Waals surface area (Å²) in [5.74, 6) is -0.258. The third kappa shape index (κ3) is 4.71. The molecule has 0 radical (unpaired) electrons. The van der Waals surface area contributed by atoms with Crippen LogP contribution in [0.4, 0.5) is 5.69 Å². The smallest absolute Gasteiger partial charge is 0.264 e. The van der Waals surface area contributed by atoms with Gasteiger partial charge in [0.25, 0.3) is 15.9 Å². The highest BCUT2D eigenvalue weighted by molar-refractivity contribution is 7.92. The van der Waals surface area contributed by atoms with Gasteiger partial charge in [0.1, 0.15) is 0 Å². The maximum atomic E-state index is 12.9. The number of nitrogens with one attached hydrogen (secondary N) is 1. The fraction of sp³-hybridized carbons (Fsp3) is 0.208. The summed E-state index contributed by atoms with van der Waals surface area (Å²) in [5.41, 5.74) is 3.97. The van der Waals surface area contributed by atoms with Gasteiger partial charge in [0, 0.05) is 12.6 Å². The Hall–Kier alpha value is -3.12. The topological polar surface area (TPSA) is 66.5 Å². The van der Waals surface area contributed by atoms with Gasteiger partial charge in [0.15, 0.2) is 0 Å². The van der Waals surface area contributed by atoms with E-state index in [1.54, 1.807) is 48.5 Å². The van der Waals surface area contributed by atoms with Crippen molar-refractivity contribution in [1.82, 2.24) is 5.32 Å². The summed E-state index contributed by atoms with van der Waals surface area (Å²) in [6.45, 7) is 5.83. The van der Waals surface area contributed by atoms with Gasteiger partial charge in [0.05, 0.1) is 16.6 Å². The van der Waals surface area contributed by atoms with E-state index in [0.29, 0.717) is 11.3 Å². The van der Waals surface area contributed by atoms with Crippen LogP contribution in [0, 0.1) is 13.8 Å². The second-order valence-electron chi connectivity index (χ2n) is 7.44. The molecule has 0 aliphatic rings. The number of hydrogen-bond acceptors (Lipinski definition) is 3. The van der Waals surface area contributed by atoms with Crippen LogP contribution in [-0.4, -0.2) is 21.4 Å². The summed E-state index contributed by atoms with van der Waals surface area (Å²) in [5, 5.41) is 2.97. The SMILES string of the molecule is Cc1ccc(C(C)NC(=O)c2cccc(N(C)S(=O)(=O)c3ccc(C)cc3)c2)cc1. The van der Waals surface area contributed by atoms with E-state index in [4.69, 9.17) is 0 Å². The molecule has 1 atom stereocenters. The molecule has 1 N–H and O–H groups in total. The van der Waals surface area contributed by atoms with Crippen molar-refractivity contribution in [3.8, 4) is 0 Å². The highest BCUT2D eigenvalue weighted by atomic mass is 32.2. The van der Waals surface area contributed by atoms with Gasteiger partial charge in [-0.15, -0.1) is 0 Å². The Kier molecular flexibility index (Phi) is 6.27. The Bertz CT molecular complexity index is 1140. The summed E-state index contributed by atoms with van der Waals surface area (Å²) in [7, 11) is -2.23. The lowest BCUT2D eigenvalue weighted by Crippen LogP contribution is -2.28. The van der Waals surface area contributed by atoms with Crippen LogP contribution >= 0.6 is 0 Å². The van der Waals surface area contributed by atoms with E-state index < -0.39 is 10.0 Å². The maximum absolute atomic E-state index is 12.9. The number of aryl methyl sites for hydroxylation is 2. The Labute approximate surface area is 178 Å². The van der Waals surface area contributed by atoms with Gasteiger partial charge < -0.3 is 5.32 Å². The number of benzene rings is 3. The largest absolute Gasteiger partial charge is 0.346 e. The predicted molar refractivity (Wildman–Crippen MR) is 120 cm³/mol. The van der Waals surface area contributed by atoms with E-state index in [2.05, 4.69) is 5.32 Å². The average Bonchev–Trinajstić information content (AvgIpc) is 2.74. The number of rotatable bonds is 6. The van der Waals surface area contributed by atoms with E-state index in [0.717, 1.165) is 16.7 Å². The molecule has 0 heterocycles. The van der Waals surface area contributed by atoms with Crippen LogP contribution in [0.2, 0.25) is 0 Å². The zero-order valence-electron chi connectivity index (χ0n) is 17.6. The number of hydrogen-bond donors (Lipinski definition) is 1. The fourth-order valence-corrected chi connectivity index (χ4v) is 4.26. The second-order valence-corrected chi connectivity index (χ2v) is 9.41. The third-order valence-electron chi connectivity index (χ3n) is 5.08. The molecule has 30 heavy (non-hydrogen) atoms. The molecule has 0 saturated heterocycles. The zero-order valence-corrected chi connectivity index (χ0v) is 18.4. The van der Waals surface area contributed by atoms with Crippen molar-refractivity contribution in [3.63, 3.8) is 0 Å². The van der Waals surface area contributed by atoms with E-state index in [9.17, 15) is 13.2 Å². The van der Waals surface area contributed by atoms with Gasteiger partial charge in [-0.1, -0.05) is 53.6 Å². The Balaban J connectivity index is 1.80. The highest BCUT2D eigenvalue weighted by Gasteiger charge is 2.22. The van der Waals surface area contributed by atoms with Crippen molar-refractivity contribution in [1.29, 1.82) is 0 Å². The molecule has 1 unspecified atom stereocenters. The lowest BCUT2D eigenvalue weighted by molar-refractivity contribution is 0.0940. The Morgan fingerprint density at radius 2 is 1.47 bits per heavy atom. The molecule has 3 aromatic rings. The van der Waals surface area contributed by atoms with E-state index in [1.807, 2.05) is 45.0 Å². The molecular formula is C24H26N2O3S. The minimum atomic E-state index is -3.72. The standard InChI is InChI=1S/C24H26N2O3S/c1-17-8-12-20(13-9-17)19(3)25-24(27)21-6-5-7-22(16-21)26(4)30(28,29)23-14-10-18(2)11-15-23/h5-16,19H,1-4H3,(H,25,27). The first kappa shape index (κ1) is 21.6. The minimum absolute atomic E-state index is 0.171. The number of sulfonamides is 1. The first-order valence-corrected chi connectivity index (χ1v) is 11.2. The zero-order chi connectivity index (χ0) is 21.9. The van der Waals surface area contributed by atoms with Crippen LogP contribution in [0.1, 0.15) is 40.0 Å². The molecule has 0 saturated carbocycles. The quantitative estimate of drug-likeness (QED) is 0.630. The van der Waals surface area contributed by atoms with Gasteiger partial charge in [-0.2, -0.15) is 0 Å². The molecule has 3 rings (SSSR count). The van der Waals surface area contributed by atoms with Crippen molar-refractivity contribution in [2.45, 2.75) is 31.7 Å². The number of amides is 1. The van der Waals surface area contributed by atoms with E-state index >= 15 is 0 Å². The van der Waals surface area contributed by atoms with Gasteiger partial charge in [-0.05, 0) is 56.7 Å². The van der Waals surface area contributed by atoms with Crippen LogP contribution in [-0.2, 0) is 10.0 Å². The lowest BCUT2D eigenvalue weighted by Gasteiger charge is -2.21. The molecule has 0 spiro atoms. The number of nitrogens with zero attached hydrogens (tertiary/aromatic N) is 1. The molecule has 0 fully saturated rings. The fourth-order valence-electron chi connectivity index (χ4n) is 3.07. The molecule has 156 valence electrons. The van der Waals surface area contributed by atoms with Crippen LogP contribution in [0.3, 0.4) is 0 Å². The molecule has 0 aliphatic heterocycles. The molecule has 5 nitrogen and oxygen atoms in total. The summed E-state index contributed by atoms with van der Waals surface area (Å²) in [6.07, 6.45) is 0. The summed E-state index contributed by atoms with van der Waals surface area (Å²) in [4.78, 5) is 13.0. The molecule has 0 aromatic heterocycles.